The quantitative estimate of drug-likeness (QED) is 0.0887. The molecule has 0 saturated heterocycles. The predicted octanol–water partition coefficient (Wildman–Crippen LogP) is 15.1. The van der Waals surface area contributed by atoms with E-state index in [0.29, 0.717) is 37.6 Å². The third-order valence-corrected chi connectivity index (χ3v) is 10.3. The molecule has 0 heterocycles. The molecule has 0 saturated carbocycles. The molecule has 3 atom stereocenters. The Morgan fingerprint density at radius 1 is 0.449 bits per heavy atom. The molecule has 2 aromatic carbocycles. The van der Waals surface area contributed by atoms with Crippen molar-refractivity contribution in [1.82, 2.24) is 0 Å². The summed E-state index contributed by atoms with van der Waals surface area (Å²) in [6, 6.07) is 10.6. The highest BCUT2D eigenvalue weighted by Gasteiger charge is 2.17. The minimum Gasteiger partial charge on any atom is -0.490 e. The number of ether oxygens (including phenoxy) is 3. The van der Waals surface area contributed by atoms with Crippen molar-refractivity contribution in [3.05, 3.63) is 50.4 Å². The van der Waals surface area contributed by atoms with E-state index in [1.807, 2.05) is 0 Å². The zero-order chi connectivity index (χ0) is 36.2. The second-order valence-corrected chi connectivity index (χ2v) is 17.9. The Balaban J connectivity index is 2.30. The van der Waals surface area contributed by atoms with E-state index in [9.17, 15) is 0 Å². The summed E-state index contributed by atoms with van der Waals surface area (Å²) in [5.74, 6) is 6.50. The highest BCUT2D eigenvalue weighted by molar-refractivity contribution is 9.11. The van der Waals surface area contributed by atoms with Gasteiger partial charge in [-0.2, -0.15) is 0 Å². The SMILES string of the molecule is CC(C)CCC[C@H](C)CCOc1cc(/C=C/c2cc(Br)cc(Br)c2)cc(OCC[C@@H](C)CCCC(C)C)c1OCC[C@@H](C)CCCC(C)C. The van der Waals surface area contributed by atoms with Gasteiger partial charge in [0.25, 0.3) is 0 Å². The van der Waals surface area contributed by atoms with E-state index in [2.05, 4.69) is 137 Å². The molecule has 0 spiro atoms. The van der Waals surface area contributed by atoms with Crippen LogP contribution in [0.4, 0.5) is 0 Å². The summed E-state index contributed by atoms with van der Waals surface area (Å²) >= 11 is 7.26. The highest BCUT2D eigenvalue weighted by Crippen LogP contribution is 2.40. The molecule has 0 aromatic heterocycles. The zero-order valence-electron chi connectivity index (χ0n) is 32.6. The van der Waals surface area contributed by atoms with Gasteiger partial charge in [-0.15, -0.1) is 0 Å². The molecule has 2 aromatic rings. The molecule has 0 aliphatic carbocycles. The molecule has 0 aliphatic heterocycles. The molecular formula is C44H70Br2O3. The van der Waals surface area contributed by atoms with Crippen LogP contribution in [0.25, 0.3) is 12.2 Å². The van der Waals surface area contributed by atoms with Gasteiger partial charge < -0.3 is 14.2 Å². The van der Waals surface area contributed by atoms with E-state index in [1.165, 1.54) is 57.8 Å². The predicted molar refractivity (Wildman–Crippen MR) is 221 cm³/mol. The van der Waals surface area contributed by atoms with E-state index in [4.69, 9.17) is 14.2 Å². The van der Waals surface area contributed by atoms with E-state index < -0.39 is 0 Å². The number of rotatable bonds is 26. The average molecular weight is 807 g/mol. The molecule has 0 fully saturated rings. The van der Waals surface area contributed by atoms with E-state index in [-0.39, 0.29) is 0 Å². The Morgan fingerprint density at radius 3 is 1.16 bits per heavy atom. The van der Waals surface area contributed by atoms with Crippen LogP contribution in [0.15, 0.2) is 39.3 Å². The summed E-state index contributed by atoms with van der Waals surface area (Å²) < 4.78 is 21.9. The van der Waals surface area contributed by atoms with Crippen molar-refractivity contribution in [2.75, 3.05) is 19.8 Å². The fourth-order valence-corrected chi connectivity index (χ4v) is 7.40. The Kier molecular flexibility index (Phi) is 22.0. The maximum Gasteiger partial charge on any atom is 0.203 e. The molecule has 0 amide bonds. The fraction of sp³-hybridized carbons (Fsp3) is 0.682. The van der Waals surface area contributed by atoms with Gasteiger partial charge in [-0.25, -0.2) is 0 Å². The normalized spacial score (nSPS) is 13.8. The maximum atomic E-state index is 6.63. The van der Waals surface area contributed by atoms with Crippen LogP contribution in [0.5, 0.6) is 17.2 Å². The first kappa shape index (κ1) is 43.7. The van der Waals surface area contributed by atoms with Crippen LogP contribution in [-0.2, 0) is 0 Å². The summed E-state index contributed by atoms with van der Waals surface area (Å²) in [6.07, 6.45) is 18.8. The lowest BCUT2D eigenvalue weighted by Gasteiger charge is -2.21. The van der Waals surface area contributed by atoms with Crippen LogP contribution in [0, 0.1) is 35.5 Å². The van der Waals surface area contributed by atoms with Crippen molar-refractivity contribution in [3.8, 4) is 17.2 Å². The smallest absolute Gasteiger partial charge is 0.203 e. The topological polar surface area (TPSA) is 27.7 Å². The van der Waals surface area contributed by atoms with Crippen molar-refractivity contribution in [3.63, 3.8) is 0 Å². The molecule has 0 aliphatic rings. The Bertz CT molecular complexity index is 1140. The van der Waals surface area contributed by atoms with Crippen LogP contribution < -0.4 is 14.2 Å². The standard InChI is InChI=1S/C44H70Br2O3/c1-32(2)13-10-16-35(7)21-24-47-42-29-39(20-19-38-27-40(45)31-41(46)28-38)30-43(48-25-22-36(8)17-11-14-33(3)4)44(42)49-26-23-37(9)18-12-15-34(5)6/h19-20,27-37H,10-18,21-26H2,1-9H3/b20-19+/t35-,36-,37-/m0/s1. The van der Waals surface area contributed by atoms with Gasteiger partial charge in [-0.3, -0.25) is 0 Å². The van der Waals surface area contributed by atoms with E-state index in [0.717, 1.165) is 74.3 Å². The van der Waals surface area contributed by atoms with Crippen molar-refractivity contribution in [1.29, 1.82) is 0 Å². The Labute approximate surface area is 319 Å². The fourth-order valence-electron chi connectivity index (χ4n) is 6.07. The lowest BCUT2D eigenvalue weighted by Crippen LogP contribution is -2.10. The third-order valence-electron chi connectivity index (χ3n) is 9.42. The molecule has 5 heteroatoms. The Hall–Kier alpha value is -1.46. The number of hydrogen-bond donors (Lipinski definition) is 0. The first-order chi connectivity index (χ1) is 23.3. The molecule has 278 valence electrons. The molecule has 2 rings (SSSR count). The summed E-state index contributed by atoms with van der Waals surface area (Å²) in [5, 5.41) is 0. The molecule has 49 heavy (non-hydrogen) atoms. The van der Waals surface area contributed by atoms with E-state index >= 15 is 0 Å². The number of benzene rings is 2. The van der Waals surface area contributed by atoms with Gasteiger partial charge in [-0.1, -0.05) is 164 Å². The van der Waals surface area contributed by atoms with Gasteiger partial charge in [0.15, 0.2) is 11.5 Å². The molecule has 0 N–H and O–H groups in total. The monoisotopic (exact) mass is 804 g/mol. The largest absolute Gasteiger partial charge is 0.490 e. The van der Waals surface area contributed by atoms with Gasteiger partial charge in [0, 0.05) is 8.95 Å². The minimum absolute atomic E-state index is 0.623. The summed E-state index contributed by atoms with van der Waals surface area (Å²) in [4.78, 5) is 0. The minimum atomic E-state index is 0.623. The number of halogens is 2. The van der Waals surface area contributed by atoms with Gasteiger partial charge in [0.1, 0.15) is 0 Å². The van der Waals surface area contributed by atoms with Crippen LogP contribution in [0.1, 0.15) is 150 Å². The zero-order valence-corrected chi connectivity index (χ0v) is 35.8. The first-order valence-corrected chi connectivity index (χ1v) is 21.1. The lowest BCUT2D eigenvalue weighted by atomic mass is 9.97. The van der Waals surface area contributed by atoms with Crippen molar-refractivity contribution in [2.24, 2.45) is 35.5 Å². The molecular weight excluding hydrogens is 736 g/mol. The third kappa shape index (κ3) is 20.2. The van der Waals surface area contributed by atoms with E-state index in [1.54, 1.807) is 0 Å². The number of hydrogen-bond acceptors (Lipinski definition) is 3. The molecule has 0 unspecified atom stereocenters. The second-order valence-electron chi connectivity index (χ2n) is 16.1. The lowest BCUT2D eigenvalue weighted by molar-refractivity contribution is 0.216. The van der Waals surface area contributed by atoms with Gasteiger partial charge in [0.2, 0.25) is 5.75 Å². The summed E-state index contributed by atoms with van der Waals surface area (Å²) in [5.41, 5.74) is 2.16. The van der Waals surface area contributed by atoms with Gasteiger partial charge in [-0.05, 0) is 96.2 Å². The summed E-state index contributed by atoms with van der Waals surface area (Å²) in [7, 11) is 0. The van der Waals surface area contributed by atoms with Crippen LogP contribution >= 0.6 is 31.9 Å². The molecule has 0 radical (unpaired) electrons. The van der Waals surface area contributed by atoms with Crippen LogP contribution in [0.2, 0.25) is 0 Å². The maximum absolute atomic E-state index is 6.63. The van der Waals surface area contributed by atoms with Crippen molar-refractivity contribution < 1.29 is 14.2 Å². The van der Waals surface area contributed by atoms with Gasteiger partial charge in [0.05, 0.1) is 19.8 Å². The van der Waals surface area contributed by atoms with Crippen LogP contribution in [-0.4, -0.2) is 19.8 Å². The molecule has 0 bridgehead atoms. The van der Waals surface area contributed by atoms with Crippen molar-refractivity contribution in [2.45, 2.75) is 139 Å². The van der Waals surface area contributed by atoms with Crippen molar-refractivity contribution >= 4 is 44.0 Å². The average Bonchev–Trinajstić information content (AvgIpc) is 3.00. The Morgan fingerprint density at radius 2 is 0.796 bits per heavy atom. The highest BCUT2D eigenvalue weighted by atomic mass is 79.9. The van der Waals surface area contributed by atoms with Gasteiger partial charge >= 0.3 is 0 Å². The van der Waals surface area contributed by atoms with Crippen LogP contribution in [0.3, 0.4) is 0 Å². The second kappa shape index (κ2) is 24.7. The summed E-state index contributed by atoms with van der Waals surface area (Å²) in [6.45, 7) is 22.9. The first-order valence-electron chi connectivity index (χ1n) is 19.5. The molecule has 3 nitrogen and oxygen atoms in total.